The molecular formula is C34H41N9O2. The van der Waals surface area contributed by atoms with Crippen LogP contribution in [0.15, 0.2) is 73.6 Å². The monoisotopic (exact) mass is 607 g/mol. The van der Waals surface area contributed by atoms with Crippen LogP contribution in [0.4, 0.5) is 33.5 Å². The number of benzene rings is 1. The van der Waals surface area contributed by atoms with Crippen molar-refractivity contribution in [2.24, 2.45) is 0 Å². The van der Waals surface area contributed by atoms with Gasteiger partial charge in [0, 0.05) is 50.5 Å². The number of carbonyl (C=O) groups excluding carboxylic acids is 2. The predicted molar refractivity (Wildman–Crippen MR) is 179 cm³/mol. The molecule has 0 bridgehead atoms. The SMILES string of the molecule is [C-]#[N+]c1ccc(NC2CCC(N(C(=O)NCc3ccccc3)c3cnc(N4CCN(C)[C@@H](C)C4)c(NC(=O)C=C)c3)CC2)nc1. The Bertz CT molecular complexity index is 1510. The van der Waals surface area contributed by atoms with Gasteiger partial charge in [0.1, 0.15) is 5.82 Å². The van der Waals surface area contributed by atoms with Gasteiger partial charge in [-0.25, -0.2) is 14.6 Å². The lowest BCUT2D eigenvalue weighted by Gasteiger charge is -2.40. The topological polar surface area (TPSA) is 110 Å². The fourth-order valence-electron chi connectivity index (χ4n) is 5.92. The summed E-state index contributed by atoms with van der Waals surface area (Å²) < 4.78 is 0. The van der Waals surface area contributed by atoms with Gasteiger partial charge < -0.3 is 25.8 Å². The predicted octanol–water partition coefficient (Wildman–Crippen LogP) is 5.43. The van der Waals surface area contributed by atoms with Crippen LogP contribution in [0.5, 0.6) is 0 Å². The molecule has 0 radical (unpaired) electrons. The van der Waals surface area contributed by atoms with E-state index < -0.39 is 0 Å². The molecule has 1 atom stereocenters. The van der Waals surface area contributed by atoms with Crippen LogP contribution < -0.4 is 25.8 Å². The Labute approximate surface area is 265 Å². The zero-order chi connectivity index (χ0) is 31.8. The maximum atomic E-state index is 13.9. The molecule has 234 valence electrons. The third kappa shape index (κ3) is 7.96. The van der Waals surface area contributed by atoms with E-state index in [0.717, 1.165) is 56.7 Å². The van der Waals surface area contributed by atoms with Crippen molar-refractivity contribution >= 4 is 40.6 Å². The number of amides is 3. The highest BCUT2D eigenvalue weighted by molar-refractivity contribution is 6.02. The molecule has 1 aliphatic carbocycles. The quantitative estimate of drug-likeness (QED) is 0.220. The number of hydrogen-bond donors (Lipinski definition) is 3. The van der Waals surface area contributed by atoms with Gasteiger partial charge in [0.2, 0.25) is 11.6 Å². The molecule has 1 saturated carbocycles. The van der Waals surface area contributed by atoms with E-state index in [1.54, 1.807) is 23.4 Å². The molecule has 45 heavy (non-hydrogen) atoms. The number of rotatable bonds is 9. The van der Waals surface area contributed by atoms with Gasteiger partial charge in [0.05, 0.1) is 24.1 Å². The number of hydrogen-bond acceptors (Lipinski definition) is 7. The number of likely N-dealkylation sites (N-methyl/N-ethyl adjacent to an activating group) is 1. The Morgan fingerprint density at radius 1 is 1.09 bits per heavy atom. The highest BCUT2D eigenvalue weighted by Gasteiger charge is 2.32. The van der Waals surface area contributed by atoms with Crippen molar-refractivity contribution in [3.05, 3.63) is 90.6 Å². The second-order valence-electron chi connectivity index (χ2n) is 11.7. The number of nitrogens with zero attached hydrogens (tertiary/aromatic N) is 6. The number of anilines is 4. The lowest BCUT2D eigenvalue weighted by molar-refractivity contribution is -0.111. The van der Waals surface area contributed by atoms with Crippen molar-refractivity contribution < 1.29 is 9.59 Å². The van der Waals surface area contributed by atoms with Crippen LogP contribution >= 0.6 is 0 Å². The van der Waals surface area contributed by atoms with E-state index >= 15 is 0 Å². The van der Waals surface area contributed by atoms with Gasteiger partial charge >= 0.3 is 6.03 Å². The Morgan fingerprint density at radius 3 is 2.53 bits per heavy atom. The molecule has 2 aromatic heterocycles. The minimum absolute atomic E-state index is 0.0736. The summed E-state index contributed by atoms with van der Waals surface area (Å²) in [5, 5.41) is 9.54. The second kappa shape index (κ2) is 14.7. The molecule has 0 spiro atoms. The van der Waals surface area contributed by atoms with Crippen molar-refractivity contribution in [1.29, 1.82) is 0 Å². The molecule has 0 unspecified atom stereocenters. The van der Waals surface area contributed by atoms with Gasteiger partial charge in [-0.1, -0.05) is 43.0 Å². The molecule has 1 saturated heterocycles. The summed E-state index contributed by atoms with van der Waals surface area (Å²) in [5.74, 6) is 1.09. The Kier molecular flexibility index (Phi) is 10.3. The summed E-state index contributed by atoms with van der Waals surface area (Å²) in [4.78, 5) is 45.4. The number of nitrogens with one attached hydrogen (secondary N) is 3. The molecule has 3 heterocycles. The zero-order valence-electron chi connectivity index (χ0n) is 25.9. The van der Waals surface area contributed by atoms with E-state index in [9.17, 15) is 9.59 Å². The number of carbonyl (C=O) groups is 2. The molecule has 2 aliphatic rings. The van der Waals surface area contributed by atoms with Crippen molar-refractivity contribution in [2.75, 3.05) is 47.1 Å². The minimum Gasteiger partial charge on any atom is -0.367 e. The lowest BCUT2D eigenvalue weighted by atomic mass is 9.90. The minimum atomic E-state index is -0.331. The van der Waals surface area contributed by atoms with E-state index in [0.29, 0.717) is 35.5 Å². The summed E-state index contributed by atoms with van der Waals surface area (Å²) in [7, 11) is 2.11. The summed E-state index contributed by atoms with van der Waals surface area (Å²) in [6, 6.07) is 15.5. The smallest absolute Gasteiger partial charge is 0.322 e. The van der Waals surface area contributed by atoms with Gasteiger partial charge in [-0.05, 0) is 63.4 Å². The van der Waals surface area contributed by atoms with Crippen LogP contribution in [-0.4, -0.2) is 71.6 Å². The molecule has 1 aromatic carbocycles. The van der Waals surface area contributed by atoms with E-state index in [1.165, 1.54) is 6.08 Å². The third-order valence-electron chi connectivity index (χ3n) is 8.63. The molecule has 3 N–H and O–H groups in total. The summed E-state index contributed by atoms with van der Waals surface area (Å²) in [6.07, 6.45) is 7.77. The first kappa shape index (κ1) is 31.5. The van der Waals surface area contributed by atoms with Crippen molar-refractivity contribution in [3.8, 4) is 0 Å². The number of aromatic nitrogens is 2. The number of piperazine rings is 1. The fourth-order valence-corrected chi connectivity index (χ4v) is 5.92. The molecule has 2 fully saturated rings. The molecule has 3 amide bonds. The van der Waals surface area contributed by atoms with E-state index in [1.807, 2.05) is 42.5 Å². The summed E-state index contributed by atoms with van der Waals surface area (Å²) in [5.41, 5.74) is 2.69. The Morgan fingerprint density at radius 2 is 1.87 bits per heavy atom. The van der Waals surface area contributed by atoms with Gasteiger partial charge in [0.15, 0.2) is 5.82 Å². The maximum absolute atomic E-state index is 13.9. The summed E-state index contributed by atoms with van der Waals surface area (Å²) >= 11 is 0. The molecule has 5 rings (SSSR count). The van der Waals surface area contributed by atoms with Gasteiger partial charge in [0.25, 0.3) is 0 Å². The molecule has 1 aliphatic heterocycles. The highest BCUT2D eigenvalue weighted by atomic mass is 16.2. The number of urea groups is 1. The molecule has 3 aromatic rings. The normalized spacial score (nSPS) is 20.0. The average molecular weight is 608 g/mol. The highest BCUT2D eigenvalue weighted by Crippen LogP contribution is 2.34. The first-order chi connectivity index (χ1) is 21.8. The zero-order valence-corrected chi connectivity index (χ0v) is 25.9. The first-order valence-electron chi connectivity index (χ1n) is 15.4. The van der Waals surface area contributed by atoms with Crippen LogP contribution in [0, 0.1) is 6.57 Å². The van der Waals surface area contributed by atoms with E-state index in [-0.39, 0.29) is 24.0 Å². The summed E-state index contributed by atoms with van der Waals surface area (Å²) in [6.45, 7) is 15.8. The number of pyridine rings is 2. The van der Waals surface area contributed by atoms with Gasteiger partial charge in [-0.2, -0.15) is 0 Å². The molecular weight excluding hydrogens is 566 g/mol. The Balaban J connectivity index is 1.39. The van der Waals surface area contributed by atoms with Gasteiger partial charge in [-0.3, -0.25) is 14.7 Å². The second-order valence-corrected chi connectivity index (χ2v) is 11.7. The maximum Gasteiger partial charge on any atom is 0.322 e. The third-order valence-corrected chi connectivity index (χ3v) is 8.63. The molecule has 11 nitrogen and oxygen atoms in total. The lowest BCUT2D eigenvalue weighted by Crippen LogP contribution is -2.50. The standard InChI is InChI=1S/C34H41N9O2/c1-5-32(44)40-30-19-29(22-37-33(30)42-18-17-41(4)24(2)23-42)43(34(45)38-20-25-9-7-6-8-10-25)28-14-11-26(12-15-28)39-31-16-13-27(35-3)21-36-31/h5-10,13,16,19,21-22,24,26,28H,1,11-12,14-15,17-18,20,23H2,2,4H3,(H,36,39)(H,38,45)(H,40,44)/t24-,26?,28?/m0/s1. The Hall–Kier alpha value is -4.95. The largest absolute Gasteiger partial charge is 0.367 e. The van der Waals surface area contributed by atoms with Gasteiger partial charge in [-0.15, -0.1) is 0 Å². The van der Waals surface area contributed by atoms with Crippen molar-refractivity contribution in [1.82, 2.24) is 20.2 Å². The fraction of sp³-hybridized carbons (Fsp3) is 0.382. The van der Waals surface area contributed by atoms with E-state index in [2.05, 4.69) is 56.1 Å². The van der Waals surface area contributed by atoms with Crippen LogP contribution in [-0.2, 0) is 11.3 Å². The van der Waals surface area contributed by atoms with Crippen LogP contribution in [0.25, 0.3) is 4.85 Å². The van der Waals surface area contributed by atoms with Crippen LogP contribution in [0.3, 0.4) is 0 Å². The molecule has 11 heteroatoms. The van der Waals surface area contributed by atoms with E-state index in [4.69, 9.17) is 11.6 Å². The van der Waals surface area contributed by atoms with Crippen molar-refractivity contribution in [3.63, 3.8) is 0 Å². The average Bonchev–Trinajstić information content (AvgIpc) is 3.07. The van der Waals surface area contributed by atoms with Crippen LogP contribution in [0.1, 0.15) is 38.2 Å². The van der Waals surface area contributed by atoms with Crippen molar-refractivity contribution in [2.45, 2.75) is 57.3 Å². The van der Waals surface area contributed by atoms with Crippen LogP contribution in [0.2, 0.25) is 0 Å². The first-order valence-corrected chi connectivity index (χ1v) is 15.4.